The number of fused-ring (bicyclic) bond motifs is 1. The van der Waals surface area contributed by atoms with Gasteiger partial charge in [0.1, 0.15) is 12.2 Å². The van der Waals surface area contributed by atoms with Crippen molar-refractivity contribution < 1.29 is 23.7 Å². The molecule has 1 heterocycles. The van der Waals surface area contributed by atoms with Crippen LogP contribution >= 0.6 is 15.9 Å². The van der Waals surface area contributed by atoms with Gasteiger partial charge in [0.15, 0.2) is 6.04 Å². The minimum Gasteiger partial charge on any atom is -0.467 e. The number of esters is 1. The Labute approximate surface area is 260 Å². The fourth-order valence-electron chi connectivity index (χ4n) is 5.74. The Hall–Kier alpha value is -3.82. The molecule has 0 amide bonds. The molecule has 1 aliphatic carbocycles. The first kappa shape index (κ1) is 29.3. The zero-order valence-electron chi connectivity index (χ0n) is 23.8. The molecule has 0 N–H and O–H groups in total. The molecule has 1 saturated carbocycles. The number of halogens is 1. The van der Waals surface area contributed by atoms with Crippen LogP contribution in [0.25, 0.3) is 0 Å². The van der Waals surface area contributed by atoms with Crippen LogP contribution in [0.15, 0.2) is 125 Å². The minimum atomic E-state index is -0.755. The highest BCUT2D eigenvalue weighted by Gasteiger charge is 2.60. The van der Waals surface area contributed by atoms with Crippen LogP contribution in [-0.2, 0) is 43.6 Å². The molecule has 1 fully saturated rings. The third-order valence-corrected chi connectivity index (χ3v) is 8.34. The van der Waals surface area contributed by atoms with Gasteiger partial charge in [-0.15, -0.1) is 0 Å². The average Bonchev–Trinajstić information content (AvgIpc) is 3.57. The van der Waals surface area contributed by atoms with Crippen LogP contribution in [-0.4, -0.2) is 43.1 Å². The minimum absolute atomic E-state index is 0.345. The number of ether oxygens (including phenoxy) is 4. The molecule has 6 rings (SSSR count). The summed E-state index contributed by atoms with van der Waals surface area (Å²) in [4.78, 5) is 13.5. The molecule has 0 bridgehead atoms. The topological polar surface area (TPSA) is 69.6 Å². The second kappa shape index (κ2) is 13.7. The molecule has 8 heteroatoms. The smallest absolute Gasteiger partial charge is 0.331 e. The summed E-state index contributed by atoms with van der Waals surface area (Å²) in [5.74, 6) is -0.855. The molecule has 0 unspecified atom stereocenters. The summed E-state index contributed by atoms with van der Waals surface area (Å²) >= 11 is 3.51. The Bertz CT molecular complexity index is 1520. The maximum absolute atomic E-state index is 13.5. The summed E-state index contributed by atoms with van der Waals surface area (Å²) < 4.78 is 26.2. The van der Waals surface area contributed by atoms with Crippen molar-refractivity contribution in [1.29, 1.82) is 0 Å². The van der Waals surface area contributed by atoms with Gasteiger partial charge in [0.2, 0.25) is 0 Å². The van der Waals surface area contributed by atoms with E-state index in [4.69, 9.17) is 24.0 Å². The molecule has 5 atom stereocenters. The van der Waals surface area contributed by atoms with Gasteiger partial charge in [0.25, 0.3) is 0 Å². The SMILES string of the molecule is COC(=O)[C@H]1[C@H]2C(=NN1c1ccc(Br)cc1)[C@H](OCc1ccccc1)[C@H](OCc1ccccc1)[C@@H]2OCc1ccccc1. The second-order valence-electron chi connectivity index (χ2n) is 10.6. The Kier molecular flexibility index (Phi) is 9.29. The first-order valence-corrected chi connectivity index (χ1v) is 15.1. The Balaban J connectivity index is 1.39. The predicted octanol–water partition coefficient (Wildman–Crippen LogP) is 6.55. The first-order chi connectivity index (χ1) is 21.1. The van der Waals surface area contributed by atoms with Crippen LogP contribution in [0.4, 0.5) is 5.69 Å². The Morgan fingerprint density at radius 1 is 0.698 bits per heavy atom. The summed E-state index contributed by atoms with van der Waals surface area (Å²) in [7, 11) is 1.40. The third kappa shape index (κ3) is 6.58. The van der Waals surface area contributed by atoms with Gasteiger partial charge < -0.3 is 18.9 Å². The number of nitrogens with zero attached hydrogens (tertiary/aromatic N) is 2. The van der Waals surface area contributed by atoms with Crippen molar-refractivity contribution in [1.82, 2.24) is 0 Å². The highest BCUT2D eigenvalue weighted by Crippen LogP contribution is 2.43. The molecular formula is C35H33BrN2O5. The number of hydrazone groups is 1. The van der Waals surface area contributed by atoms with Crippen molar-refractivity contribution in [2.24, 2.45) is 11.0 Å². The molecule has 0 saturated heterocycles. The number of benzene rings is 4. The van der Waals surface area contributed by atoms with Gasteiger partial charge in [-0.1, -0.05) is 107 Å². The van der Waals surface area contributed by atoms with E-state index in [0.717, 1.165) is 26.9 Å². The zero-order valence-corrected chi connectivity index (χ0v) is 25.4. The molecule has 220 valence electrons. The quantitative estimate of drug-likeness (QED) is 0.173. The predicted molar refractivity (Wildman–Crippen MR) is 168 cm³/mol. The molecule has 0 spiro atoms. The highest BCUT2D eigenvalue weighted by molar-refractivity contribution is 9.10. The van der Waals surface area contributed by atoms with Gasteiger partial charge in [0, 0.05) is 4.47 Å². The Morgan fingerprint density at radius 3 is 1.70 bits per heavy atom. The molecule has 2 aliphatic rings. The van der Waals surface area contributed by atoms with E-state index in [1.807, 2.05) is 115 Å². The summed E-state index contributed by atoms with van der Waals surface area (Å²) in [6, 6.07) is 36.9. The summed E-state index contributed by atoms with van der Waals surface area (Å²) in [5.41, 5.74) is 4.57. The molecular weight excluding hydrogens is 608 g/mol. The molecule has 0 radical (unpaired) electrons. The van der Waals surface area contributed by atoms with Gasteiger partial charge in [-0.3, -0.25) is 5.01 Å². The van der Waals surface area contributed by atoms with E-state index in [-0.39, 0.29) is 0 Å². The molecule has 43 heavy (non-hydrogen) atoms. The van der Waals surface area contributed by atoms with E-state index >= 15 is 0 Å². The maximum atomic E-state index is 13.5. The Morgan fingerprint density at radius 2 is 1.19 bits per heavy atom. The molecule has 7 nitrogen and oxygen atoms in total. The van der Waals surface area contributed by atoms with Crippen LogP contribution in [0.3, 0.4) is 0 Å². The van der Waals surface area contributed by atoms with E-state index in [0.29, 0.717) is 25.5 Å². The van der Waals surface area contributed by atoms with Crippen LogP contribution in [0, 0.1) is 5.92 Å². The van der Waals surface area contributed by atoms with E-state index in [1.54, 1.807) is 5.01 Å². The lowest BCUT2D eigenvalue weighted by Gasteiger charge is -2.31. The third-order valence-electron chi connectivity index (χ3n) is 7.81. The van der Waals surface area contributed by atoms with Crippen molar-refractivity contribution >= 4 is 33.3 Å². The number of methoxy groups -OCH3 is 1. The largest absolute Gasteiger partial charge is 0.467 e. The molecule has 1 aliphatic heterocycles. The van der Waals surface area contributed by atoms with Gasteiger partial charge in [0.05, 0.1) is 50.4 Å². The van der Waals surface area contributed by atoms with Crippen LogP contribution < -0.4 is 5.01 Å². The van der Waals surface area contributed by atoms with Gasteiger partial charge >= 0.3 is 5.97 Å². The fourth-order valence-corrected chi connectivity index (χ4v) is 6.00. The average molecular weight is 642 g/mol. The lowest BCUT2D eigenvalue weighted by atomic mass is 9.94. The van der Waals surface area contributed by atoms with Gasteiger partial charge in [-0.05, 0) is 41.0 Å². The number of hydrogen-bond acceptors (Lipinski definition) is 7. The maximum Gasteiger partial charge on any atom is 0.331 e. The van der Waals surface area contributed by atoms with Crippen LogP contribution in [0.2, 0.25) is 0 Å². The monoisotopic (exact) mass is 640 g/mol. The lowest BCUT2D eigenvalue weighted by molar-refractivity contribution is -0.148. The number of carbonyl (C=O) groups excluding carboxylic acids is 1. The van der Waals surface area contributed by atoms with Crippen molar-refractivity contribution in [3.8, 4) is 0 Å². The number of carbonyl (C=O) groups is 1. The van der Waals surface area contributed by atoms with Gasteiger partial charge in [-0.25, -0.2) is 4.79 Å². The molecule has 0 aromatic heterocycles. The summed E-state index contributed by atoms with van der Waals surface area (Å²) in [6.07, 6.45) is -1.61. The summed E-state index contributed by atoms with van der Waals surface area (Å²) in [6.45, 7) is 1.06. The van der Waals surface area contributed by atoms with E-state index in [1.165, 1.54) is 7.11 Å². The van der Waals surface area contributed by atoms with Crippen molar-refractivity contribution in [3.05, 3.63) is 136 Å². The highest BCUT2D eigenvalue weighted by atomic mass is 79.9. The molecule has 4 aromatic rings. The van der Waals surface area contributed by atoms with E-state index in [9.17, 15) is 4.79 Å². The lowest BCUT2D eigenvalue weighted by Crippen LogP contribution is -2.47. The van der Waals surface area contributed by atoms with Gasteiger partial charge in [-0.2, -0.15) is 5.10 Å². The number of anilines is 1. The molecule has 4 aromatic carbocycles. The summed E-state index contributed by atoms with van der Waals surface area (Å²) in [5, 5.41) is 6.79. The number of hydrogen-bond donors (Lipinski definition) is 0. The van der Waals surface area contributed by atoms with E-state index < -0.39 is 36.2 Å². The standard InChI is InChI=1S/C35H33BrN2O5/c1-40-35(39)31-29-30(37-38(31)28-19-17-27(36)18-20-28)33(42-22-25-13-7-3-8-14-25)34(43-23-26-15-9-4-10-16-26)32(29)41-21-24-11-5-2-6-12-24/h2-20,29,31-34H,21-23H2,1H3/t29-,31-,32-,33+,34-/m1/s1. The van der Waals surface area contributed by atoms with Crippen molar-refractivity contribution in [2.45, 2.75) is 44.2 Å². The normalized spacial score (nSPS) is 22.7. The fraction of sp³-hybridized carbons (Fsp3) is 0.257. The second-order valence-corrected chi connectivity index (χ2v) is 11.5. The van der Waals surface area contributed by atoms with Crippen molar-refractivity contribution in [2.75, 3.05) is 12.1 Å². The first-order valence-electron chi connectivity index (χ1n) is 14.3. The number of rotatable bonds is 11. The van der Waals surface area contributed by atoms with E-state index in [2.05, 4.69) is 15.9 Å². The zero-order chi connectivity index (χ0) is 29.6. The van der Waals surface area contributed by atoms with Crippen molar-refractivity contribution in [3.63, 3.8) is 0 Å². The van der Waals surface area contributed by atoms with Crippen LogP contribution in [0.1, 0.15) is 16.7 Å². The van der Waals surface area contributed by atoms with Crippen LogP contribution in [0.5, 0.6) is 0 Å².